The van der Waals surface area contributed by atoms with Gasteiger partial charge in [0.1, 0.15) is 0 Å². The minimum absolute atomic E-state index is 0.0741. The molecule has 3 N–H and O–H groups in total. The summed E-state index contributed by atoms with van der Waals surface area (Å²) in [5, 5.41) is 9.76. The van der Waals surface area contributed by atoms with Crippen LogP contribution < -0.4 is 16.0 Å². The van der Waals surface area contributed by atoms with E-state index in [0.717, 1.165) is 28.2 Å². The van der Waals surface area contributed by atoms with Crippen LogP contribution in [0.4, 0.5) is 11.4 Å². The van der Waals surface area contributed by atoms with Gasteiger partial charge in [-0.1, -0.05) is 42.5 Å². The molecule has 3 heterocycles. The second-order valence-electron chi connectivity index (χ2n) is 6.53. The van der Waals surface area contributed by atoms with Gasteiger partial charge in [0.25, 0.3) is 5.91 Å². The fourth-order valence-electron chi connectivity index (χ4n) is 3.49. The maximum atomic E-state index is 12.5. The first-order valence-corrected chi connectivity index (χ1v) is 8.81. The molecule has 0 saturated carbocycles. The molecular weight excluding hydrogens is 338 g/mol. The predicted octanol–water partition coefficient (Wildman–Crippen LogP) is 3.11. The molecule has 0 bridgehead atoms. The van der Waals surface area contributed by atoms with E-state index in [1.165, 1.54) is 0 Å². The molecule has 2 aromatic carbocycles. The van der Waals surface area contributed by atoms with Crippen molar-refractivity contribution in [3.05, 3.63) is 83.8 Å². The van der Waals surface area contributed by atoms with Gasteiger partial charge < -0.3 is 16.0 Å². The summed E-state index contributed by atoms with van der Waals surface area (Å²) in [7, 11) is 0. The van der Waals surface area contributed by atoms with E-state index >= 15 is 0 Å². The molecule has 1 amide bonds. The lowest BCUT2D eigenvalue weighted by Gasteiger charge is -2.19. The summed E-state index contributed by atoms with van der Waals surface area (Å²) in [5.74, 6) is 0.589. The van der Waals surface area contributed by atoms with Gasteiger partial charge in [-0.05, 0) is 12.1 Å². The molecule has 5 rings (SSSR count). The van der Waals surface area contributed by atoms with E-state index < -0.39 is 0 Å². The lowest BCUT2D eigenvalue weighted by atomic mass is 10.00. The third-order valence-corrected chi connectivity index (χ3v) is 4.83. The molecule has 1 atom stereocenters. The molecule has 6 heteroatoms. The van der Waals surface area contributed by atoms with E-state index in [4.69, 9.17) is 0 Å². The van der Waals surface area contributed by atoms with Crippen molar-refractivity contribution in [3.63, 3.8) is 0 Å². The predicted molar refractivity (Wildman–Crippen MR) is 104 cm³/mol. The van der Waals surface area contributed by atoms with Crippen molar-refractivity contribution in [1.82, 2.24) is 15.3 Å². The standard InChI is InChI=1S/C21H17N5O/c27-21-18-17(12-24-21)25-15-8-4-5-9-16(15)26-19(18)14-10-22-20(23-11-14)13-6-2-1-3-7-13/h1-11,19,25-26H,12H2,(H,24,27). The van der Waals surface area contributed by atoms with Crippen LogP contribution in [0.2, 0.25) is 0 Å². The van der Waals surface area contributed by atoms with Crippen molar-refractivity contribution >= 4 is 17.3 Å². The average Bonchev–Trinajstić information content (AvgIpc) is 2.99. The monoisotopic (exact) mass is 355 g/mol. The highest BCUT2D eigenvalue weighted by Gasteiger charge is 2.34. The second-order valence-corrected chi connectivity index (χ2v) is 6.53. The van der Waals surface area contributed by atoms with Crippen LogP contribution >= 0.6 is 0 Å². The number of nitrogens with zero attached hydrogens (tertiary/aromatic N) is 2. The van der Waals surface area contributed by atoms with Gasteiger partial charge in [-0.15, -0.1) is 0 Å². The summed E-state index contributed by atoms with van der Waals surface area (Å²) in [5.41, 5.74) is 5.26. The normalized spacial score (nSPS) is 17.9. The number of benzene rings is 2. The quantitative estimate of drug-likeness (QED) is 0.658. The van der Waals surface area contributed by atoms with E-state index in [0.29, 0.717) is 17.9 Å². The van der Waals surface area contributed by atoms with E-state index in [-0.39, 0.29) is 11.9 Å². The van der Waals surface area contributed by atoms with Crippen molar-refractivity contribution in [3.8, 4) is 11.4 Å². The van der Waals surface area contributed by atoms with Crippen LogP contribution in [0, 0.1) is 0 Å². The van der Waals surface area contributed by atoms with Gasteiger partial charge in [0, 0.05) is 29.2 Å². The molecule has 3 aromatic rings. The Bertz CT molecular complexity index is 1040. The number of aromatic nitrogens is 2. The molecule has 6 nitrogen and oxygen atoms in total. The molecule has 1 unspecified atom stereocenters. The zero-order valence-electron chi connectivity index (χ0n) is 14.4. The van der Waals surface area contributed by atoms with Crippen LogP contribution in [-0.4, -0.2) is 22.4 Å². The topological polar surface area (TPSA) is 78.9 Å². The van der Waals surface area contributed by atoms with Crippen LogP contribution in [0.1, 0.15) is 11.6 Å². The number of hydrogen-bond acceptors (Lipinski definition) is 5. The maximum Gasteiger partial charge on any atom is 0.251 e. The SMILES string of the molecule is O=C1NCC2=C1C(c1cnc(-c3ccccc3)nc1)Nc1ccccc1N2. The van der Waals surface area contributed by atoms with Crippen LogP contribution in [0.5, 0.6) is 0 Å². The number of carbonyl (C=O) groups is 1. The van der Waals surface area contributed by atoms with E-state index in [1.54, 1.807) is 12.4 Å². The number of anilines is 2. The number of nitrogens with one attached hydrogen (secondary N) is 3. The summed E-state index contributed by atoms with van der Waals surface area (Å²) in [6.07, 6.45) is 3.58. The third-order valence-electron chi connectivity index (χ3n) is 4.83. The summed E-state index contributed by atoms with van der Waals surface area (Å²) < 4.78 is 0. The number of amides is 1. The van der Waals surface area contributed by atoms with Gasteiger partial charge in [0.2, 0.25) is 0 Å². The lowest BCUT2D eigenvalue weighted by Crippen LogP contribution is -2.24. The van der Waals surface area contributed by atoms with Crippen molar-refractivity contribution < 1.29 is 4.79 Å². The molecule has 0 spiro atoms. The molecule has 132 valence electrons. The van der Waals surface area contributed by atoms with Crippen molar-refractivity contribution in [2.45, 2.75) is 6.04 Å². The zero-order chi connectivity index (χ0) is 18.2. The summed E-state index contributed by atoms with van der Waals surface area (Å²) in [6.45, 7) is 0.490. The maximum absolute atomic E-state index is 12.5. The van der Waals surface area contributed by atoms with E-state index in [1.807, 2.05) is 54.6 Å². The molecule has 0 radical (unpaired) electrons. The number of fused-ring (bicyclic) bond motifs is 1. The molecule has 1 aromatic heterocycles. The Morgan fingerprint density at radius 2 is 1.59 bits per heavy atom. The lowest BCUT2D eigenvalue weighted by molar-refractivity contribution is -0.116. The molecule has 27 heavy (non-hydrogen) atoms. The largest absolute Gasteiger partial charge is 0.372 e. The Morgan fingerprint density at radius 1 is 0.889 bits per heavy atom. The highest BCUT2D eigenvalue weighted by Crippen LogP contribution is 2.37. The Kier molecular flexibility index (Phi) is 3.60. The molecular formula is C21H17N5O. The summed E-state index contributed by atoms with van der Waals surface area (Å²) in [4.78, 5) is 21.5. The number of carbonyl (C=O) groups excluding carboxylic acids is 1. The summed E-state index contributed by atoms with van der Waals surface area (Å²) in [6, 6.07) is 17.4. The first-order valence-electron chi connectivity index (χ1n) is 8.81. The fraction of sp³-hybridized carbons (Fsp3) is 0.0952. The third kappa shape index (κ3) is 2.71. The zero-order valence-corrected chi connectivity index (χ0v) is 14.4. The number of rotatable bonds is 2. The second kappa shape index (κ2) is 6.25. The molecule has 2 aliphatic heterocycles. The molecule has 0 fully saturated rings. The minimum Gasteiger partial charge on any atom is -0.372 e. The van der Waals surface area contributed by atoms with Gasteiger partial charge in [-0.3, -0.25) is 4.79 Å². The Balaban J connectivity index is 1.56. The number of hydrogen-bond donors (Lipinski definition) is 3. The first kappa shape index (κ1) is 15.6. The van der Waals surface area contributed by atoms with Crippen molar-refractivity contribution in [2.75, 3.05) is 17.2 Å². The Hall–Kier alpha value is -3.67. The van der Waals surface area contributed by atoms with Crippen LogP contribution in [-0.2, 0) is 4.79 Å². The highest BCUT2D eigenvalue weighted by molar-refractivity contribution is 6.00. The van der Waals surface area contributed by atoms with E-state index in [9.17, 15) is 4.79 Å². The van der Waals surface area contributed by atoms with Gasteiger partial charge in [0.05, 0.1) is 29.5 Å². The van der Waals surface area contributed by atoms with Crippen LogP contribution in [0.15, 0.2) is 78.3 Å². The fourth-order valence-corrected chi connectivity index (χ4v) is 3.49. The first-order chi connectivity index (χ1) is 13.3. The molecule has 2 aliphatic rings. The average molecular weight is 355 g/mol. The van der Waals surface area contributed by atoms with Gasteiger partial charge in [-0.2, -0.15) is 0 Å². The van der Waals surface area contributed by atoms with Gasteiger partial charge in [-0.25, -0.2) is 9.97 Å². The number of para-hydroxylation sites is 2. The smallest absolute Gasteiger partial charge is 0.251 e. The van der Waals surface area contributed by atoms with Gasteiger partial charge in [0.15, 0.2) is 5.82 Å². The Labute approximate surface area is 156 Å². The van der Waals surface area contributed by atoms with E-state index in [2.05, 4.69) is 25.9 Å². The molecule has 0 aliphatic carbocycles. The Morgan fingerprint density at radius 3 is 2.37 bits per heavy atom. The van der Waals surface area contributed by atoms with Gasteiger partial charge >= 0.3 is 0 Å². The summed E-state index contributed by atoms with van der Waals surface area (Å²) >= 11 is 0. The van der Waals surface area contributed by atoms with Crippen LogP contribution in [0.25, 0.3) is 11.4 Å². The minimum atomic E-state index is -0.316. The van der Waals surface area contributed by atoms with Crippen molar-refractivity contribution in [1.29, 1.82) is 0 Å². The molecule has 0 saturated heterocycles. The highest BCUT2D eigenvalue weighted by atomic mass is 16.2. The van der Waals surface area contributed by atoms with Crippen LogP contribution in [0.3, 0.4) is 0 Å². The van der Waals surface area contributed by atoms with Crippen molar-refractivity contribution in [2.24, 2.45) is 0 Å².